The molecule has 0 saturated carbocycles. The number of carbonyl (C=O) groups excluding carboxylic acids is 2. The zero-order chi connectivity index (χ0) is 22.4. The van der Waals surface area contributed by atoms with Crippen LogP contribution in [0.4, 0.5) is 21.6 Å². The number of aromatic amines is 1. The maximum absolute atomic E-state index is 13.1. The average molecular weight is 421 g/mol. The fourth-order valence-corrected chi connectivity index (χ4v) is 2.84. The first-order valence-corrected chi connectivity index (χ1v) is 9.36. The van der Waals surface area contributed by atoms with E-state index in [0.29, 0.717) is 6.42 Å². The van der Waals surface area contributed by atoms with E-state index in [0.717, 1.165) is 29.5 Å². The Morgan fingerprint density at radius 1 is 1.23 bits per heavy atom. The Morgan fingerprint density at radius 3 is 2.53 bits per heavy atom. The largest absolute Gasteiger partial charge is 0.452 e. The molecule has 0 spiro atoms. The molecule has 0 aliphatic carbocycles. The van der Waals surface area contributed by atoms with Gasteiger partial charge in [0.05, 0.1) is 5.56 Å². The maximum atomic E-state index is 13.1. The smallest absolute Gasteiger partial charge is 0.340 e. The number of unbranched alkanes of at least 4 members (excludes halogenated alkanes) is 1. The SMILES string of the molecule is CCCCn1c(N)c(N(CC)C(=O)COC(=O)c2ccc(F)cc2N)c(=O)[nH]c1=O. The minimum Gasteiger partial charge on any atom is -0.452 e. The molecule has 0 aliphatic heterocycles. The number of H-pyrrole nitrogens is 1. The molecule has 0 aliphatic rings. The molecular weight excluding hydrogens is 397 g/mol. The molecule has 2 rings (SSSR count). The van der Waals surface area contributed by atoms with Crippen molar-refractivity contribution in [3.8, 4) is 0 Å². The van der Waals surface area contributed by atoms with Crippen LogP contribution in [0.1, 0.15) is 37.0 Å². The summed E-state index contributed by atoms with van der Waals surface area (Å²) in [5.41, 5.74) is 9.67. The predicted octanol–water partition coefficient (Wildman–Crippen LogP) is 0.850. The standard InChI is InChI=1S/C19H24FN5O5/c1-3-5-8-25-16(22)15(17(27)23-19(25)29)24(4-2)14(26)10-30-18(28)12-7-6-11(20)9-13(12)21/h6-7,9H,3-5,8,10,21-22H2,1-2H3,(H,23,27,29). The highest BCUT2D eigenvalue weighted by Gasteiger charge is 2.24. The predicted molar refractivity (Wildman–Crippen MR) is 110 cm³/mol. The normalized spacial score (nSPS) is 10.6. The number of anilines is 3. The molecule has 0 bridgehead atoms. The number of rotatable bonds is 8. The monoisotopic (exact) mass is 421 g/mol. The van der Waals surface area contributed by atoms with Gasteiger partial charge in [-0.15, -0.1) is 0 Å². The lowest BCUT2D eigenvalue weighted by Crippen LogP contribution is -2.42. The number of nitrogens with zero attached hydrogens (tertiary/aromatic N) is 2. The van der Waals surface area contributed by atoms with E-state index in [2.05, 4.69) is 4.98 Å². The molecule has 162 valence electrons. The van der Waals surface area contributed by atoms with Crippen LogP contribution < -0.4 is 27.6 Å². The summed E-state index contributed by atoms with van der Waals surface area (Å²) in [6.45, 7) is 3.12. The van der Waals surface area contributed by atoms with Gasteiger partial charge < -0.3 is 21.1 Å². The van der Waals surface area contributed by atoms with E-state index in [9.17, 15) is 23.6 Å². The summed E-state index contributed by atoms with van der Waals surface area (Å²) in [6, 6.07) is 3.13. The zero-order valence-corrected chi connectivity index (χ0v) is 16.7. The molecule has 0 fully saturated rings. The van der Waals surface area contributed by atoms with Crippen molar-refractivity contribution >= 4 is 29.1 Å². The molecule has 0 atom stereocenters. The number of nitrogens with one attached hydrogen (secondary N) is 1. The van der Waals surface area contributed by atoms with Crippen molar-refractivity contribution in [2.45, 2.75) is 33.2 Å². The molecule has 0 saturated heterocycles. The summed E-state index contributed by atoms with van der Waals surface area (Å²) < 4.78 is 19.3. The van der Waals surface area contributed by atoms with Crippen LogP contribution >= 0.6 is 0 Å². The van der Waals surface area contributed by atoms with Crippen LogP contribution in [0, 0.1) is 5.82 Å². The van der Waals surface area contributed by atoms with E-state index in [-0.39, 0.29) is 35.8 Å². The van der Waals surface area contributed by atoms with Crippen LogP contribution in [0.15, 0.2) is 27.8 Å². The highest BCUT2D eigenvalue weighted by atomic mass is 19.1. The van der Waals surface area contributed by atoms with Gasteiger partial charge in [-0.3, -0.25) is 19.1 Å². The van der Waals surface area contributed by atoms with Crippen molar-refractivity contribution in [2.75, 3.05) is 29.5 Å². The van der Waals surface area contributed by atoms with Crippen molar-refractivity contribution < 1.29 is 18.7 Å². The third kappa shape index (κ3) is 4.85. The van der Waals surface area contributed by atoms with Gasteiger partial charge in [-0.2, -0.15) is 0 Å². The minimum absolute atomic E-state index is 0.0360. The number of carbonyl (C=O) groups is 2. The van der Waals surface area contributed by atoms with E-state index in [1.807, 2.05) is 6.92 Å². The molecule has 1 heterocycles. The Kier molecular flexibility index (Phi) is 7.34. The molecule has 1 amide bonds. The van der Waals surface area contributed by atoms with Crippen molar-refractivity contribution in [3.05, 3.63) is 50.4 Å². The third-order valence-corrected chi connectivity index (χ3v) is 4.40. The number of nitrogens with two attached hydrogens (primary N) is 2. The fraction of sp³-hybridized carbons (Fsp3) is 0.368. The zero-order valence-electron chi connectivity index (χ0n) is 16.7. The maximum Gasteiger partial charge on any atom is 0.340 e. The van der Waals surface area contributed by atoms with Gasteiger partial charge in [-0.1, -0.05) is 13.3 Å². The third-order valence-electron chi connectivity index (χ3n) is 4.40. The number of esters is 1. The van der Waals surface area contributed by atoms with Crippen LogP contribution in [0.25, 0.3) is 0 Å². The summed E-state index contributed by atoms with van der Waals surface area (Å²) in [5.74, 6) is -2.43. The van der Waals surface area contributed by atoms with Crippen LogP contribution in [0.2, 0.25) is 0 Å². The topological polar surface area (TPSA) is 154 Å². The van der Waals surface area contributed by atoms with Gasteiger partial charge in [-0.05, 0) is 31.5 Å². The van der Waals surface area contributed by atoms with Gasteiger partial charge in [0, 0.05) is 18.8 Å². The molecule has 10 nitrogen and oxygen atoms in total. The van der Waals surface area contributed by atoms with Crippen LogP contribution in [0.5, 0.6) is 0 Å². The number of hydrogen-bond acceptors (Lipinski definition) is 7. The van der Waals surface area contributed by atoms with E-state index in [4.69, 9.17) is 16.2 Å². The van der Waals surface area contributed by atoms with Gasteiger partial charge in [0.25, 0.3) is 11.5 Å². The molecule has 1 aromatic carbocycles. The quantitative estimate of drug-likeness (QED) is 0.422. The van der Waals surface area contributed by atoms with Gasteiger partial charge in [-0.25, -0.2) is 14.0 Å². The molecule has 5 N–H and O–H groups in total. The van der Waals surface area contributed by atoms with Crippen LogP contribution in [0.3, 0.4) is 0 Å². The number of ether oxygens (including phenoxy) is 1. The van der Waals surface area contributed by atoms with E-state index >= 15 is 0 Å². The molecule has 30 heavy (non-hydrogen) atoms. The van der Waals surface area contributed by atoms with Gasteiger partial charge in [0.1, 0.15) is 11.6 Å². The van der Waals surface area contributed by atoms with E-state index in [1.165, 1.54) is 4.57 Å². The van der Waals surface area contributed by atoms with Crippen molar-refractivity contribution in [2.24, 2.45) is 0 Å². The average Bonchev–Trinajstić information content (AvgIpc) is 2.68. The first-order valence-electron chi connectivity index (χ1n) is 9.36. The summed E-state index contributed by atoms with van der Waals surface area (Å²) >= 11 is 0. The van der Waals surface area contributed by atoms with E-state index < -0.39 is 35.5 Å². The molecule has 0 radical (unpaired) electrons. The van der Waals surface area contributed by atoms with Gasteiger partial charge in [0.15, 0.2) is 12.3 Å². The number of hydrogen-bond donors (Lipinski definition) is 3. The highest BCUT2D eigenvalue weighted by molar-refractivity contribution is 6.00. The Labute approximate surface area is 171 Å². The lowest BCUT2D eigenvalue weighted by molar-refractivity contribution is -0.121. The molecule has 11 heteroatoms. The number of amides is 1. The fourth-order valence-electron chi connectivity index (χ4n) is 2.84. The Morgan fingerprint density at radius 2 is 1.93 bits per heavy atom. The summed E-state index contributed by atoms with van der Waals surface area (Å²) in [7, 11) is 0. The van der Waals surface area contributed by atoms with E-state index in [1.54, 1.807) is 6.92 Å². The number of nitrogen functional groups attached to an aromatic ring is 2. The van der Waals surface area contributed by atoms with Gasteiger partial charge >= 0.3 is 11.7 Å². The summed E-state index contributed by atoms with van der Waals surface area (Å²) in [4.78, 5) is 52.3. The van der Waals surface area contributed by atoms with Crippen molar-refractivity contribution in [1.29, 1.82) is 0 Å². The number of likely N-dealkylation sites (N-methyl/N-ethyl adjacent to an activating group) is 1. The number of benzene rings is 1. The molecule has 0 unspecified atom stereocenters. The molecule has 1 aromatic heterocycles. The Hall–Kier alpha value is -3.63. The first kappa shape index (κ1) is 22.7. The molecule has 2 aromatic rings. The second kappa shape index (κ2) is 9.72. The van der Waals surface area contributed by atoms with Crippen molar-refractivity contribution in [1.82, 2.24) is 9.55 Å². The Bertz CT molecular complexity index is 1060. The molecular formula is C19H24FN5O5. The first-order chi connectivity index (χ1) is 14.2. The second-order valence-electron chi connectivity index (χ2n) is 6.44. The van der Waals surface area contributed by atoms with Crippen LogP contribution in [-0.4, -0.2) is 34.6 Å². The summed E-state index contributed by atoms with van der Waals surface area (Å²) in [5, 5.41) is 0. The summed E-state index contributed by atoms with van der Waals surface area (Å²) in [6.07, 6.45) is 1.44. The Balaban J connectivity index is 2.25. The number of aromatic nitrogens is 2. The lowest BCUT2D eigenvalue weighted by Gasteiger charge is -2.23. The second-order valence-corrected chi connectivity index (χ2v) is 6.44. The number of halogens is 1. The highest BCUT2D eigenvalue weighted by Crippen LogP contribution is 2.18. The van der Waals surface area contributed by atoms with Gasteiger partial charge in [0.2, 0.25) is 0 Å². The van der Waals surface area contributed by atoms with Crippen molar-refractivity contribution in [3.63, 3.8) is 0 Å². The minimum atomic E-state index is -0.924. The lowest BCUT2D eigenvalue weighted by atomic mass is 10.2. The van der Waals surface area contributed by atoms with Crippen LogP contribution in [-0.2, 0) is 16.1 Å².